The van der Waals surface area contributed by atoms with Crippen LogP contribution in [0.15, 0.2) is 18.2 Å². The SMILES string of the molecule is CCOC(=O)CCCN(CC)c1cc(C)ccc1C. The number of nitrogens with zero attached hydrogens (tertiary/aromatic N) is 1. The molecule has 0 bridgehead atoms. The zero-order valence-corrected chi connectivity index (χ0v) is 12.5. The highest BCUT2D eigenvalue weighted by Crippen LogP contribution is 2.21. The van der Waals surface area contributed by atoms with Gasteiger partial charge in [-0.1, -0.05) is 12.1 Å². The van der Waals surface area contributed by atoms with E-state index < -0.39 is 0 Å². The van der Waals surface area contributed by atoms with E-state index in [1.807, 2.05) is 6.92 Å². The van der Waals surface area contributed by atoms with Gasteiger partial charge >= 0.3 is 5.97 Å². The number of rotatable bonds is 7. The van der Waals surface area contributed by atoms with E-state index in [2.05, 4.69) is 43.9 Å². The molecule has 0 heterocycles. The maximum atomic E-state index is 11.3. The molecule has 0 fully saturated rings. The molecule has 0 saturated heterocycles. The minimum Gasteiger partial charge on any atom is -0.466 e. The molecular weight excluding hydrogens is 238 g/mol. The van der Waals surface area contributed by atoms with E-state index in [0.29, 0.717) is 13.0 Å². The van der Waals surface area contributed by atoms with Crippen molar-refractivity contribution in [2.45, 2.75) is 40.5 Å². The largest absolute Gasteiger partial charge is 0.466 e. The molecule has 0 radical (unpaired) electrons. The van der Waals surface area contributed by atoms with Gasteiger partial charge in [0.05, 0.1) is 6.61 Å². The minimum absolute atomic E-state index is 0.0977. The molecule has 0 aliphatic heterocycles. The summed E-state index contributed by atoms with van der Waals surface area (Å²) in [5, 5.41) is 0. The average Bonchev–Trinajstić information content (AvgIpc) is 2.38. The fraction of sp³-hybridized carbons (Fsp3) is 0.562. The first-order chi connectivity index (χ1) is 9.08. The molecular formula is C16H25NO2. The van der Waals surface area contributed by atoms with E-state index in [-0.39, 0.29) is 5.97 Å². The van der Waals surface area contributed by atoms with Gasteiger partial charge in [-0.25, -0.2) is 0 Å². The van der Waals surface area contributed by atoms with Crippen molar-refractivity contribution in [1.82, 2.24) is 0 Å². The zero-order chi connectivity index (χ0) is 14.3. The Balaban J connectivity index is 2.58. The lowest BCUT2D eigenvalue weighted by Gasteiger charge is -2.25. The topological polar surface area (TPSA) is 29.5 Å². The van der Waals surface area contributed by atoms with Crippen LogP contribution in [0.4, 0.5) is 5.69 Å². The van der Waals surface area contributed by atoms with Gasteiger partial charge in [-0.05, 0) is 51.3 Å². The fourth-order valence-corrected chi connectivity index (χ4v) is 2.16. The van der Waals surface area contributed by atoms with Crippen LogP contribution in [0.25, 0.3) is 0 Å². The Kier molecular flexibility index (Phi) is 6.40. The van der Waals surface area contributed by atoms with Crippen molar-refractivity contribution in [3.63, 3.8) is 0 Å². The number of benzene rings is 1. The van der Waals surface area contributed by atoms with Gasteiger partial charge in [-0.3, -0.25) is 4.79 Å². The number of aryl methyl sites for hydroxylation is 2. The Morgan fingerprint density at radius 1 is 1.26 bits per heavy atom. The van der Waals surface area contributed by atoms with Crippen LogP contribution in [0.1, 0.15) is 37.8 Å². The first kappa shape index (κ1) is 15.5. The van der Waals surface area contributed by atoms with Gasteiger partial charge in [0.2, 0.25) is 0 Å². The third-order valence-corrected chi connectivity index (χ3v) is 3.20. The summed E-state index contributed by atoms with van der Waals surface area (Å²) in [6, 6.07) is 6.49. The molecule has 0 amide bonds. The molecule has 1 aromatic rings. The molecule has 0 atom stereocenters. The molecule has 0 aliphatic rings. The lowest BCUT2D eigenvalue weighted by molar-refractivity contribution is -0.143. The van der Waals surface area contributed by atoms with Crippen molar-refractivity contribution in [3.8, 4) is 0 Å². The quantitative estimate of drug-likeness (QED) is 0.705. The van der Waals surface area contributed by atoms with E-state index in [4.69, 9.17) is 4.74 Å². The summed E-state index contributed by atoms with van der Waals surface area (Å²) in [6.07, 6.45) is 1.33. The van der Waals surface area contributed by atoms with E-state index in [9.17, 15) is 4.79 Å². The fourth-order valence-electron chi connectivity index (χ4n) is 2.16. The van der Waals surface area contributed by atoms with Crippen LogP contribution in [0.5, 0.6) is 0 Å². The summed E-state index contributed by atoms with van der Waals surface area (Å²) in [5.41, 5.74) is 3.82. The van der Waals surface area contributed by atoms with Crippen LogP contribution < -0.4 is 4.90 Å². The normalized spacial score (nSPS) is 10.3. The summed E-state index contributed by atoms with van der Waals surface area (Å²) in [6.45, 7) is 10.5. The highest BCUT2D eigenvalue weighted by atomic mass is 16.5. The van der Waals surface area contributed by atoms with Crippen molar-refractivity contribution in [1.29, 1.82) is 0 Å². The first-order valence-electron chi connectivity index (χ1n) is 7.06. The molecule has 0 aliphatic carbocycles. The molecule has 0 N–H and O–H groups in total. The van der Waals surface area contributed by atoms with Crippen molar-refractivity contribution in [3.05, 3.63) is 29.3 Å². The molecule has 19 heavy (non-hydrogen) atoms. The van der Waals surface area contributed by atoms with Crippen molar-refractivity contribution in [2.24, 2.45) is 0 Å². The molecule has 1 aromatic carbocycles. The van der Waals surface area contributed by atoms with Gasteiger partial charge < -0.3 is 9.64 Å². The van der Waals surface area contributed by atoms with Crippen LogP contribution in [0.2, 0.25) is 0 Å². The van der Waals surface area contributed by atoms with Crippen LogP contribution in [0, 0.1) is 13.8 Å². The number of esters is 1. The zero-order valence-electron chi connectivity index (χ0n) is 12.5. The van der Waals surface area contributed by atoms with Crippen molar-refractivity contribution in [2.75, 3.05) is 24.6 Å². The number of carbonyl (C=O) groups excluding carboxylic acids is 1. The Morgan fingerprint density at radius 3 is 2.63 bits per heavy atom. The number of hydrogen-bond donors (Lipinski definition) is 0. The Labute approximate surface area is 116 Å². The highest BCUT2D eigenvalue weighted by Gasteiger charge is 2.09. The van der Waals surface area contributed by atoms with Crippen LogP contribution in [0.3, 0.4) is 0 Å². The Morgan fingerprint density at radius 2 is 2.00 bits per heavy atom. The van der Waals surface area contributed by atoms with Crippen LogP contribution in [-0.4, -0.2) is 25.7 Å². The smallest absolute Gasteiger partial charge is 0.305 e. The van der Waals surface area contributed by atoms with Gasteiger partial charge in [-0.2, -0.15) is 0 Å². The molecule has 0 spiro atoms. The second-order valence-corrected chi connectivity index (χ2v) is 4.78. The highest BCUT2D eigenvalue weighted by molar-refractivity contribution is 5.69. The lowest BCUT2D eigenvalue weighted by Crippen LogP contribution is -2.25. The molecule has 3 nitrogen and oxygen atoms in total. The molecule has 3 heteroatoms. The Bertz CT molecular complexity index is 415. The predicted molar refractivity (Wildman–Crippen MR) is 79.7 cm³/mol. The molecule has 106 valence electrons. The van der Waals surface area contributed by atoms with Gasteiger partial charge in [0.25, 0.3) is 0 Å². The number of ether oxygens (including phenoxy) is 1. The second-order valence-electron chi connectivity index (χ2n) is 4.78. The Hall–Kier alpha value is -1.51. The third kappa shape index (κ3) is 4.93. The van der Waals surface area contributed by atoms with E-state index in [1.165, 1.54) is 16.8 Å². The lowest BCUT2D eigenvalue weighted by atomic mass is 10.1. The summed E-state index contributed by atoms with van der Waals surface area (Å²) in [4.78, 5) is 13.7. The van der Waals surface area contributed by atoms with Crippen LogP contribution >= 0.6 is 0 Å². The summed E-state index contributed by atoms with van der Waals surface area (Å²) in [7, 11) is 0. The molecule has 0 aromatic heterocycles. The third-order valence-electron chi connectivity index (χ3n) is 3.20. The predicted octanol–water partition coefficient (Wildman–Crippen LogP) is 3.47. The average molecular weight is 263 g/mol. The monoisotopic (exact) mass is 263 g/mol. The number of hydrogen-bond acceptors (Lipinski definition) is 3. The van der Waals surface area contributed by atoms with Crippen LogP contribution in [-0.2, 0) is 9.53 Å². The van der Waals surface area contributed by atoms with Gasteiger partial charge in [0.1, 0.15) is 0 Å². The van der Waals surface area contributed by atoms with E-state index in [1.54, 1.807) is 0 Å². The van der Waals surface area contributed by atoms with Crippen molar-refractivity contribution < 1.29 is 9.53 Å². The molecule has 0 unspecified atom stereocenters. The van der Waals surface area contributed by atoms with Gasteiger partial charge in [0, 0.05) is 25.2 Å². The number of carbonyl (C=O) groups is 1. The maximum Gasteiger partial charge on any atom is 0.305 e. The summed E-state index contributed by atoms with van der Waals surface area (Å²) >= 11 is 0. The molecule has 1 rings (SSSR count). The van der Waals surface area contributed by atoms with E-state index in [0.717, 1.165) is 19.5 Å². The van der Waals surface area contributed by atoms with Gasteiger partial charge in [-0.15, -0.1) is 0 Å². The van der Waals surface area contributed by atoms with E-state index >= 15 is 0 Å². The van der Waals surface area contributed by atoms with Crippen molar-refractivity contribution >= 4 is 11.7 Å². The second kappa shape index (κ2) is 7.82. The van der Waals surface area contributed by atoms with Gasteiger partial charge in [0.15, 0.2) is 0 Å². The maximum absolute atomic E-state index is 11.3. The molecule has 0 saturated carbocycles. The summed E-state index contributed by atoms with van der Waals surface area (Å²) < 4.78 is 4.95. The first-order valence-corrected chi connectivity index (χ1v) is 7.06. The standard InChI is InChI=1S/C16H25NO2/c1-5-17(11-7-8-16(18)19-6-2)15-12-13(3)9-10-14(15)4/h9-10,12H,5-8,11H2,1-4H3. The number of anilines is 1. The summed E-state index contributed by atoms with van der Waals surface area (Å²) in [5.74, 6) is -0.0977. The minimum atomic E-state index is -0.0977.